The van der Waals surface area contributed by atoms with Crippen molar-refractivity contribution in [3.63, 3.8) is 0 Å². The lowest BCUT2D eigenvalue weighted by Crippen LogP contribution is -2.41. The summed E-state index contributed by atoms with van der Waals surface area (Å²) in [5.41, 5.74) is 1.32. The molecule has 1 aliphatic carbocycles. The van der Waals surface area contributed by atoms with Crippen LogP contribution >= 0.6 is 11.8 Å². The van der Waals surface area contributed by atoms with Gasteiger partial charge in [0, 0.05) is 16.9 Å². The van der Waals surface area contributed by atoms with Gasteiger partial charge in [-0.2, -0.15) is 0 Å². The van der Waals surface area contributed by atoms with E-state index in [4.69, 9.17) is 0 Å². The van der Waals surface area contributed by atoms with Crippen molar-refractivity contribution in [3.05, 3.63) is 66.2 Å². The van der Waals surface area contributed by atoms with Gasteiger partial charge in [0.05, 0.1) is 4.75 Å². The molecule has 0 aliphatic heterocycles. The van der Waals surface area contributed by atoms with Gasteiger partial charge < -0.3 is 5.32 Å². The number of carbonyl (C=O) groups is 1. The first-order valence-electron chi connectivity index (χ1n) is 7.66. The highest BCUT2D eigenvalue weighted by molar-refractivity contribution is 8.01. The molecule has 2 nitrogen and oxygen atoms in total. The Labute approximate surface area is 136 Å². The number of benzene rings is 2. The summed E-state index contributed by atoms with van der Waals surface area (Å²) in [6.45, 7) is 3.97. The SMILES string of the molecule is CC(C)(Sc1ccccc1)C(=O)NC1CC1c1ccccc1. The highest BCUT2D eigenvalue weighted by atomic mass is 32.2. The maximum Gasteiger partial charge on any atom is 0.236 e. The van der Waals surface area contributed by atoms with Gasteiger partial charge in [-0.3, -0.25) is 4.79 Å². The summed E-state index contributed by atoms with van der Waals surface area (Å²) in [7, 11) is 0. The van der Waals surface area contributed by atoms with E-state index in [1.165, 1.54) is 5.56 Å². The van der Waals surface area contributed by atoms with E-state index >= 15 is 0 Å². The topological polar surface area (TPSA) is 29.1 Å². The predicted octanol–water partition coefficient (Wildman–Crippen LogP) is 4.23. The highest BCUT2D eigenvalue weighted by Crippen LogP contribution is 2.41. The second-order valence-electron chi connectivity index (χ2n) is 6.26. The van der Waals surface area contributed by atoms with Gasteiger partial charge in [-0.1, -0.05) is 48.5 Å². The zero-order chi connectivity index (χ0) is 15.6. The highest BCUT2D eigenvalue weighted by Gasteiger charge is 2.42. The van der Waals surface area contributed by atoms with Crippen LogP contribution in [0.25, 0.3) is 0 Å². The van der Waals surface area contributed by atoms with Crippen LogP contribution < -0.4 is 5.32 Å². The Balaban J connectivity index is 1.58. The smallest absolute Gasteiger partial charge is 0.236 e. The molecule has 114 valence electrons. The lowest BCUT2D eigenvalue weighted by atomic mass is 10.1. The number of carbonyl (C=O) groups excluding carboxylic acids is 1. The third-order valence-electron chi connectivity index (χ3n) is 4.00. The molecule has 0 spiro atoms. The fraction of sp³-hybridized carbons (Fsp3) is 0.316. The molecule has 3 heteroatoms. The van der Waals surface area contributed by atoms with Crippen LogP contribution in [0, 0.1) is 0 Å². The largest absolute Gasteiger partial charge is 0.352 e. The van der Waals surface area contributed by atoms with Crippen molar-refractivity contribution >= 4 is 17.7 Å². The minimum absolute atomic E-state index is 0.116. The minimum Gasteiger partial charge on any atom is -0.352 e. The molecule has 1 aliphatic rings. The molecule has 2 aromatic rings. The van der Waals surface area contributed by atoms with Crippen molar-refractivity contribution in [3.8, 4) is 0 Å². The monoisotopic (exact) mass is 311 g/mol. The number of hydrogen-bond donors (Lipinski definition) is 1. The Hall–Kier alpha value is -1.74. The lowest BCUT2D eigenvalue weighted by Gasteiger charge is -2.23. The first-order valence-corrected chi connectivity index (χ1v) is 8.48. The molecule has 0 saturated heterocycles. The van der Waals surface area contributed by atoms with E-state index < -0.39 is 4.75 Å². The fourth-order valence-electron chi connectivity index (χ4n) is 2.59. The molecule has 1 N–H and O–H groups in total. The molecule has 0 aromatic heterocycles. The van der Waals surface area contributed by atoms with Crippen LogP contribution in [0.5, 0.6) is 0 Å². The zero-order valence-corrected chi connectivity index (χ0v) is 13.8. The summed E-state index contributed by atoms with van der Waals surface area (Å²) in [4.78, 5) is 13.7. The number of hydrogen-bond acceptors (Lipinski definition) is 2. The van der Waals surface area contributed by atoms with Crippen molar-refractivity contribution in [1.29, 1.82) is 0 Å². The van der Waals surface area contributed by atoms with Gasteiger partial charge in [0.2, 0.25) is 5.91 Å². The van der Waals surface area contributed by atoms with Gasteiger partial charge in [-0.05, 0) is 38.0 Å². The maximum atomic E-state index is 12.6. The van der Waals surface area contributed by atoms with Gasteiger partial charge in [0.25, 0.3) is 0 Å². The van der Waals surface area contributed by atoms with Crippen LogP contribution in [-0.2, 0) is 4.79 Å². The van der Waals surface area contributed by atoms with Crippen LogP contribution in [-0.4, -0.2) is 16.7 Å². The van der Waals surface area contributed by atoms with Gasteiger partial charge in [-0.15, -0.1) is 11.8 Å². The molecule has 0 heterocycles. The second-order valence-corrected chi connectivity index (χ2v) is 7.95. The van der Waals surface area contributed by atoms with E-state index in [1.54, 1.807) is 11.8 Å². The van der Waals surface area contributed by atoms with Gasteiger partial charge in [-0.25, -0.2) is 0 Å². The first-order chi connectivity index (χ1) is 10.6. The van der Waals surface area contributed by atoms with Crippen LogP contribution in [0.2, 0.25) is 0 Å². The average Bonchev–Trinajstić information content (AvgIpc) is 3.28. The number of rotatable bonds is 5. The van der Waals surface area contributed by atoms with E-state index in [9.17, 15) is 4.79 Å². The van der Waals surface area contributed by atoms with Gasteiger partial charge >= 0.3 is 0 Å². The van der Waals surface area contributed by atoms with Gasteiger partial charge in [0.15, 0.2) is 0 Å². The second kappa shape index (κ2) is 6.17. The number of thioether (sulfide) groups is 1. The van der Waals surface area contributed by atoms with Crippen molar-refractivity contribution in [1.82, 2.24) is 5.32 Å². The van der Waals surface area contributed by atoms with E-state index in [0.29, 0.717) is 5.92 Å². The third kappa shape index (κ3) is 3.53. The lowest BCUT2D eigenvalue weighted by molar-refractivity contribution is -0.122. The van der Waals surface area contributed by atoms with Crippen molar-refractivity contribution in [2.45, 2.75) is 41.9 Å². The number of amides is 1. The Morgan fingerprint density at radius 3 is 2.27 bits per heavy atom. The Kier molecular flexibility index (Phi) is 4.25. The van der Waals surface area contributed by atoms with Crippen molar-refractivity contribution < 1.29 is 4.79 Å². The molecule has 1 saturated carbocycles. The molecular weight excluding hydrogens is 290 g/mol. The van der Waals surface area contributed by atoms with Crippen LogP contribution in [0.4, 0.5) is 0 Å². The van der Waals surface area contributed by atoms with Gasteiger partial charge in [0.1, 0.15) is 0 Å². The summed E-state index contributed by atoms with van der Waals surface area (Å²) in [5.74, 6) is 0.590. The molecule has 22 heavy (non-hydrogen) atoms. The molecule has 0 radical (unpaired) electrons. The summed E-state index contributed by atoms with van der Waals surface area (Å²) in [5, 5.41) is 3.20. The van der Waals surface area contributed by atoms with Crippen LogP contribution in [0.1, 0.15) is 31.7 Å². The molecule has 2 unspecified atom stereocenters. The summed E-state index contributed by atoms with van der Waals surface area (Å²) in [6.07, 6.45) is 1.04. The maximum absolute atomic E-state index is 12.6. The Morgan fingerprint density at radius 1 is 1.05 bits per heavy atom. The molecule has 1 fully saturated rings. The normalized spacial score (nSPS) is 20.5. The zero-order valence-electron chi connectivity index (χ0n) is 13.0. The van der Waals surface area contributed by atoms with E-state index in [1.807, 2.05) is 50.2 Å². The Morgan fingerprint density at radius 2 is 1.64 bits per heavy atom. The van der Waals surface area contributed by atoms with E-state index in [0.717, 1.165) is 11.3 Å². The third-order valence-corrected chi connectivity index (χ3v) is 5.20. The fourth-order valence-corrected chi connectivity index (χ4v) is 3.63. The minimum atomic E-state index is -0.467. The Bertz CT molecular complexity index is 639. The molecule has 2 atom stereocenters. The quantitative estimate of drug-likeness (QED) is 0.837. The first kappa shape index (κ1) is 15.2. The summed E-state index contributed by atoms with van der Waals surface area (Å²) < 4.78 is -0.467. The number of nitrogens with one attached hydrogen (secondary N) is 1. The average molecular weight is 311 g/mol. The molecule has 1 amide bonds. The van der Waals surface area contributed by atoms with Crippen molar-refractivity contribution in [2.24, 2.45) is 0 Å². The molecule has 2 aromatic carbocycles. The standard InChI is InChI=1S/C19H21NOS/c1-19(2,22-15-11-7-4-8-12-15)18(21)20-17-13-16(17)14-9-5-3-6-10-14/h3-12,16-17H,13H2,1-2H3,(H,20,21). The van der Waals surface area contributed by atoms with E-state index in [-0.39, 0.29) is 11.9 Å². The molecule has 0 bridgehead atoms. The molecule has 3 rings (SSSR count). The molecular formula is C19H21NOS. The van der Waals surface area contributed by atoms with Crippen LogP contribution in [0.3, 0.4) is 0 Å². The van der Waals surface area contributed by atoms with Crippen LogP contribution in [0.15, 0.2) is 65.6 Å². The van der Waals surface area contributed by atoms with Crippen molar-refractivity contribution in [2.75, 3.05) is 0 Å². The predicted molar refractivity (Wildman–Crippen MR) is 92.1 cm³/mol. The summed E-state index contributed by atoms with van der Waals surface area (Å²) in [6, 6.07) is 20.8. The summed E-state index contributed by atoms with van der Waals surface area (Å²) >= 11 is 1.61. The van der Waals surface area contributed by atoms with E-state index in [2.05, 4.69) is 29.6 Å².